The highest BCUT2D eigenvalue weighted by molar-refractivity contribution is 7.99. The number of methoxy groups -OCH3 is 1. The zero-order valence-corrected chi connectivity index (χ0v) is 18.1. The van der Waals surface area contributed by atoms with Gasteiger partial charge in [-0.2, -0.15) is 4.98 Å². The van der Waals surface area contributed by atoms with Crippen molar-refractivity contribution < 1.29 is 4.74 Å². The summed E-state index contributed by atoms with van der Waals surface area (Å²) >= 11 is 1.47. The molecule has 1 aromatic heterocycles. The van der Waals surface area contributed by atoms with E-state index in [0.29, 0.717) is 5.75 Å². The number of rotatable bonds is 5. The zero-order valence-electron chi connectivity index (χ0n) is 17.2. The smallest absolute Gasteiger partial charge is 0.353 e. The molecule has 0 bridgehead atoms. The number of thioether (sulfide) groups is 1. The Balaban J connectivity index is 1.56. The van der Waals surface area contributed by atoms with Crippen molar-refractivity contribution in [3.05, 3.63) is 94.0 Å². The van der Waals surface area contributed by atoms with Gasteiger partial charge in [0, 0.05) is 17.3 Å². The molecule has 31 heavy (non-hydrogen) atoms. The molecule has 0 aliphatic heterocycles. The Morgan fingerprint density at radius 1 is 1.06 bits per heavy atom. The number of ether oxygens (including phenoxy) is 1. The third-order valence-corrected chi connectivity index (χ3v) is 6.85. The predicted molar refractivity (Wildman–Crippen MR) is 125 cm³/mol. The Morgan fingerprint density at radius 3 is 2.74 bits per heavy atom. The van der Waals surface area contributed by atoms with Gasteiger partial charge in [-0.05, 0) is 47.7 Å². The van der Waals surface area contributed by atoms with E-state index in [1.54, 1.807) is 11.7 Å². The monoisotopic (exact) mass is 429 g/mol. The summed E-state index contributed by atoms with van der Waals surface area (Å²) in [7, 11) is 1.62. The van der Waals surface area contributed by atoms with Gasteiger partial charge in [-0.15, -0.1) is 0 Å². The minimum absolute atomic E-state index is 0.276. The molecule has 1 atom stereocenters. The van der Waals surface area contributed by atoms with Crippen molar-refractivity contribution in [2.24, 2.45) is 5.73 Å². The highest BCUT2D eigenvalue weighted by Gasteiger charge is 2.25. The van der Waals surface area contributed by atoms with Crippen LogP contribution in [-0.4, -0.2) is 16.7 Å². The van der Waals surface area contributed by atoms with E-state index >= 15 is 0 Å². The van der Waals surface area contributed by atoms with Gasteiger partial charge in [0.2, 0.25) is 0 Å². The van der Waals surface area contributed by atoms with Crippen LogP contribution in [0, 0.1) is 0 Å². The molecule has 4 aromatic rings. The van der Waals surface area contributed by atoms with E-state index in [4.69, 9.17) is 10.5 Å². The standard InChI is InChI=1S/C25H23N3O2S/c1-30-18-10-5-9-17(15-18)28-22-14-6-13-21(22)24(27-25(28)29)31-23(26)20-12-4-8-16-7-2-3-11-19(16)20/h2-5,7-12,15,23H,6,13-14,26H2,1H3/t23-/m0/s1. The van der Waals surface area contributed by atoms with Crippen molar-refractivity contribution in [1.29, 1.82) is 0 Å². The van der Waals surface area contributed by atoms with Crippen LogP contribution in [-0.2, 0) is 12.8 Å². The fraction of sp³-hybridized carbons (Fsp3) is 0.200. The second-order valence-corrected chi connectivity index (χ2v) is 8.75. The first-order chi connectivity index (χ1) is 15.2. The summed E-state index contributed by atoms with van der Waals surface area (Å²) in [5, 5.41) is 2.72. The zero-order chi connectivity index (χ0) is 21.4. The molecule has 5 nitrogen and oxygen atoms in total. The average Bonchev–Trinajstić information content (AvgIpc) is 3.28. The second-order valence-electron chi connectivity index (χ2n) is 7.62. The highest BCUT2D eigenvalue weighted by atomic mass is 32.2. The lowest BCUT2D eigenvalue weighted by molar-refractivity contribution is 0.414. The van der Waals surface area contributed by atoms with Crippen molar-refractivity contribution in [3.8, 4) is 11.4 Å². The maximum Gasteiger partial charge on any atom is 0.353 e. The summed E-state index contributed by atoms with van der Waals surface area (Å²) in [6, 6.07) is 21.9. The van der Waals surface area contributed by atoms with Crippen LogP contribution in [0.4, 0.5) is 0 Å². The van der Waals surface area contributed by atoms with Gasteiger partial charge in [-0.1, -0.05) is 60.3 Å². The molecule has 0 fully saturated rings. The first kappa shape index (κ1) is 19.8. The van der Waals surface area contributed by atoms with E-state index in [-0.39, 0.29) is 11.1 Å². The minimum atomic E-state index is -0.310. The summed E-state index contributed by atoms with van der Waals surface area (Å²) < 4.78 is 7.06. The highest BCUT2D eigenvalue weighted by Crippen LogP contribution is 2.38. The summed E-state index contributed by atoms with van der Waals surface area (Å²) in [5.41, 5.74) is 10.3. The molecule has 6 heteroatoms. The van der Waals surface area contributed by atoms with Crippen molar-refractivity contribution in [2.75, 3.05) is 7.11 Å². The maximum absolute atomic E-state index is 13.1. The molecule has 0 spiro atoms. The lowest BCUT2D eigenvalue weighted by Gasteiger charge is -2.18. The van der Waals surface area contributed by atoms with E-state index < -0.39 is 0 Å². The summed E-state index contributed by atoms with van der Waals surface area (Å²) in [5.74, 6) is 0.715. The summed E-state index contributed by atoms with van der Waals surface area (Å²) in [4.78, 5) is 17.6. The normalized spacial score (nSPS) is 13.9. The van der Waals surface area contributed by atoms with Crippen LogP contribution in [0.2, 0.25) is 0 Å². The number of fused-ring (bicyclic) bond motifs is 2. The molecule has 1 aliphatic carbocycles. The molecule has 0 unspecified atom stereocenters. The van der Waals surface area contributed by atoms with Crippen LogP contribution >= 0.6 is 11.8 Å². The molecule has 0 saturated carbocycles. The number of benzene rings is 3. The van der Waals surface area contributed by atoms with Gasteiger partial charge in [0.25, 0.3) is 0 Å². The lowest BCUT2D eigenvalue weighted by Crippen LogP contribution is -2.26. The third-order valence-electron chi connectivity index (χ3n) is 5.79. The van der Waals surface area contributed by atoms with E-state index in [9.17, 15) is 4.79 Å². The van der Waals surface area contributed by atoms with Gasteiger partial charge in [-0.3, -0.25) is 4.57 Å². The molecular weight excluding hydrogens is 406 g/mol. The Morgan fingerprint density at radius 2 is 1.87 bits per heavy atom. The molecule has 156 valence electrons. The number of aromatic nitrogens is 2. The van der Waals surface area contributed by atoms with Gasteiger partial charge in [0.1, 0.15) is 10.8 Å². The Bertz CT molecular complexity index is 1330. The van der Waals surface area contributed by atoms with Gasteiger partial charge in [0.05, 0.1) is 18.2 Å². The number of nitrogens with two attached hydrogens (primary N) is 1. The van der Waals surface area contributed by atoms with Crippen LogP contribution < -0.4 is 16.2 Å². The molecule has 0 saturated heterocycles. The third kappa shape index (κ3) is 3.62. The van der Waals surface area contributed by atoms with Gasteiger partial charge in [-0.25, -0.2) is 4.79 Å². The Labute approximate surface area is 184 Å². The van der Waals surface area contributed by atoms with Gasteiger partial charge < -0.3 is 10.5 Å². The first-order valence-electron chi connectivity index (χ1n) is 10.3. The largest absolute Gasteiger partial charge is 0.497 e. The Kier molecular flexibility index (Phi) is 5.26. The van der Waals surface area contributed by atoms with Crippen molar-refractivity contribution in [1.82, 2.24) is 9.55 Å². The van der Waals surface area contributed by atoms with Crippen LogP contribution in [0.5, 0.6) is 5.75 Å². The van der Waals surface area contributed by atoms with Crippen LogP contribution in [0.15, 0.2) is 76.6 Å². The number of nitrogens with zero attached hydrogens (tertiary/aromatic N) is 2. The molecular formula is C25H23N3O2S. The fourth-order valence-electron chi connectivity index (χ4n) is 4.32. The van der Waals surface area contributed by atoms with Crippen molar-refractivity contribution in [3.63, 3.8) is 0 Å². The predicted octanol–water partition coefficient (Wildman–Crippen LogP) is 4.63. The molecule has 5 rings (SSSR count). The molecule has 1 aliphatic rings. The first-order valence-corrected chi connectivity index (χ1v) is 11.2. The van der Waals surface area contributed by atoms with Crippen molar-refractivity contribution in [2.45, 2.75) is 29.7 Å². The summed E-state index contributed by atoms with van der Waals surface area (Å²) in [6.45, 7) is 0. The van der Waals surface area contributed by atoms with Crippen LogP contribution in [0.1, 0.15) is 28.6 Å². The van der Waals surface area contributed by atoms with Crippen molar-refractivity contribution >= 4 is 22.5 Å². The van der Waals surface area contributed by atoms with Crippen LogP contribution in [0.25, 0.3) is 16.5 Å². The SMILES string of the molecule is COc1cccc(-n2c3c(c(S[C@H](N)c4cccc5ccccc45)nc2=O)CCC3)c1. The van der Waals surface area contributed by atoms with E-state index in [0.717, 1.165) is 57.6 Å². The van der Waals surface area contributed by atoms with Crippen LogP contribution in [0.3, 0.4) is 0 Å². The molecule has 3 aromatic carbocycles. The Hall–Kier alpha value is -3.09. The fourth-order valence-corrected chi connectivity index (χ4v) is 5.39. The number of hydrogen-bond acceptors (Lipinski definition) is 5. The molecule has 0 amide bonds. The maximum atomic E-state index is 13.1. The van der Waals surface area contributed by atoms with E-state index in [1.165, 1.54) is 11.8 Å². The van der Waals surface area contributed by atoms with Gasteiger partial charge in [0.15, 0.2) is 0 Å². The molecule has 1 heterocycles. The summed E-state index contributed by atoms with van der Waals surface area (Å²) in [6.07, 6.45) is 2.75. The van der Waals surface area contributed by atoms with E-state index in [1.807, 2.05) is 42.5 Å². The van der Waals surface area contributed by atoms with Gasteiger partial charge >= 0.3 is 5.69 Å². The molecule has 2 N–H and O–H groups in total. The quantitative estimate of drug-likeness (QED) is 0.284. The topological polar surface area (TPSA) is 70.1 Å². The second kappa shape index (κ2) is 8.21. The molecule has 0 radical (unpaired) electrons. The lowest BCUT2D eigenvalue weighted by atomic mass is 10.0. The number of hydrogen-bond donors (Lipinski definition) is 1. The minimum Gasteiger partial charge on any atom is -0.497 e. The average molecular weight is 430 g/mol. The van der Waals surface area contributed by atoms with E-state index in [2.05, 4.69) is 29.2 Å².